The summed E-state index contributed by atoms with van der Waals surface area (Å²) >= 11 is 0. The largest absolute Gasteiger partial charge is 0.376 e. The molecule has 0 radical (unpaired) electrons. The van der Waals surface area contributed by atoms with Crippen LogP contribution in [0.1, 0.15) is 12.8 Å². The lowest BCUT2D eigenvalue weighted by Gasteiger charge is -2.26. The molecule has 2 aliphatic rings. The molecule has 2 heterocycles. The van der Waals surface area contributed by atoms with Gasteiger partial charge in [0.05, 0.1) is 12.7 Å². The van der Waals surface area contributed by atoms with Crippen molar-refractivity contribution in [3.05, 3.63) is 0 Å². The van der Waals surface area contributed by atoms with Crippen molar-refractivity contribution in [3.63, 3.8) is 0 Å². The molecule has 0 aromatic rings. The first-order chi connectivity index (χ1) is 7.75. The molecule has 2 aliphatic heterocycles. The summed E-state index contributed by atoms with van der Waals surface area (Å²) in [6, 6.07) is 0.755. The van der Waals surface area contributed by atoms with Gasteiger partial charge in [-0.2, -0.15) is 0 Å². The van der Waals surface area contributed by atoms with Crippen LogP contribution in [0.5, 0.6) is 0 Å². The third-order valence-corrected chi connectivity index (χ3v) is 3.75. The van der Waals surface area contributed by atoms with Crippen LogP contribution in [0.4, 0.5) is 0 Å². The van der Waals surface area contributed by atoms with Gasteiger partial charge < -0.3 is 19.9 Å². The Labute approximate surface area is 98.9 Å². The molecule has 94 valence electrons. The van der Waals surface area contributed by atoms with Gasteiger partial charge in [0.15, 0.2) is 0 Å². The molecule has 2 rings (SSSR count). The maximum atomic E-state index is 5.71. The first-order valence-corrected chi connectivity index (χ1v) is 6.47. The van der Waals surface area contributed by atoms with E-state index in [1.54, 1.807) is 0 Å². The smallest absolute Gasteiger partial charge is 0.0712 e. The second-order valence-corrected chi connectivity index (χ2v) is 5.19. The summed E-state index contributed by atoms with van der Waals surface area (Å²) in [7, 11) is 4.37. The van der Waals surface area contributed by atoms with E-state index in [9.17, 15) is 0 Å². The molecule has 0 aromatic carbocycles. The second-order valence-electron chi connectivity index (χ2n) is 5.19. The van der Waals surface area contributed by atoms with Gasteiger partial charge in [-0.3, -0.25) is 0 Å². The van der Waals surface area contributed by atoms with Gasteiger partial charge in [0.25, 0.3) is 0 Å². The topological polar surface area (TPSA) is 27.7 Å². The van der Waals surface area contributed by atoms with E-state index in [0.29, 0.717) is 6.10 Å². The van der Waals surface area contributed by atoms with Gasteiger partial charge in [-0.1, -0.05) is 0 Å². The van der Waals surface area contributed by atoms with E-state index < -0.39 is 0 Å². The summed E-state index contributed by atoms with van der Waals surface area (Å²) in [6.07, 6.45) is 2.93. The minimum Gasteiger partial charge on any atom is -0.376 e. The molecule has 0 aliphatic carbocycles. The van der Waals surface area contributed by atoms with Gasteiger partial charge >= 0.3 is 0 Å². The zero-order valence-electron chi connectivity index (χ0n) is 10.6. The van der Waals surface area contributed by atoms with Gasteiger partial charge in [0, 0.05) is 32.2 Å². The fraction of sp³-hybridized carbons (Fsp3) is 1.00. The molecule has 0 bridgehead atoms. The SMILES string of the molecule is CN(C)C1CCN(CCC2CNCCO2)C1. The molecule has 4 heteroatoms. The number of nitrogens with one attached hydrogen (secondary N) is 1. The fourth-order valence-electron chi connectivity index (χ4n) is 2.57. The molecular formula is C12H25N3O. The predicted octanol–water partition coefficient (Wildman–Crippen LogP) is 0.000800. The first-order valence-electron chi connectivity index (χ1n) is 6.47. The summed E-state index contributed by atoms with van der Waals surface area (Å²) in [4.78, 5) is 4.92. The van der Waals surface area contributed by atoms with Crippen molar-refractivity contribution >= 4 is 0 Å². The van der Waals surface area contributed by atoms with E-state index in [-0.39, 0.29) is 0 Å². The third-order valence-electron chi connectivity index (χ3n) is 3.75. The summed E-state index contributed by atoms with van der Waals surface area (Å²) in [5.41, 5.74) is 0. The summed E-state index contributed by atoms with van der Waals surface area (Å²) in [6.45, 7) is 6.60. The number of morpholine rings is 1. The minimum absolute atomic E-state index is 0.437. The van der Waals surface area contributed by atoms with Crippen LogP contribution in [-0.2, 0) is 4.74 Å². The molecule has 0 amide bonds. The Morgan fingerprint density at radius 2 is 2.31 bits per heavy atom. The standard InChI is InChI=1S/C12H25N3O/c1-14(2)11-3-6-15(10-11)7-4-12-9-13-5-8-16-12/h11-13H,3-10H2,1-2H3. The van der Waals surface area contributed by atoms with Crippen LogP contribution < -0.4 is 5.32 Å². The summed E-state index contributed by atoms with van der Waals surface area (Å²) in [5, 5.41) is 3.39. The molecule has 2 unspecified atom stereocenters. The fourth-order valence-corrected chi connectivity index (χ4v) is 2.57. The Morgan fingerprint density at radius 1 is 1.44 bits per heavy atom. The average molecular weight is 227 g/mol. The number of likely N-dealkylation sites (N-methyl/N-ethyl adjacent to an activating group) is 1. The third kappa shape index (κ3) is 3.42. The van der Waals surface area contributed by atoms with E-state index in [2.05, 4.69) is 29.2 Å². The lowest BCUT2D eigenvalue weighted by molar-refractivity contribution is 0.0184. The van der Waals surface area contributed by atoms with Crippen molar-refractivity contribution in [2.75, 3.05) is 53.4 Å². The summed E-state index contributed by atoms with van der Waals surface area (Å²) in [5.74, 6) is 0. The van der Waals surface area contributed by atoms with Gasteiger partial charge in [0.2, 0.25) is 0 Å². The van der Waals surface area contributed by atoms with Crippen molar-refractivity contribution in [1.29, 1.82) is 0 Å². The monoisotopic (exact) mass is 227 g/mol. The maximum absolute atomic E-state index is 5.71. The van der Waals surface area contributed by atoms with Gasteiger partial charge in [0.1, 0.15) is 0 Å². The lowest BCUT2D eigenvalue weighted by Crippen LogP contribution is -2.40. The highest BCUT2D eigenvalue weighted by Gasteiger charge is 2.24. The highest BCUT2D eigenvalue weighted by molar-refractivity contribution is 4.81. The highest BCUT2D eigenvalue weighted by Crippen LogP contribution is 2.14. The van der Waals surface area contributed by atoms with Crippen LogP contribution in [0.15, 0.2) is 0 Å². The minimum atomic E-state index is 0.437. The Bertz CT molecular complexity index is 204. The molecule has 2 atom stereocenters. The molecular weight excluding hydrogens is 202 g/mol. The van der Waals surface area contributed by atoms with E-state index in [1.807, 2.05) is 0 Å². The molecule has 16 heavy (non-hydrogen) atoms. The van der Waals surface area contributed by atoms with Gasteiger partial charge in [-0.15, -0.1) is 0 Å². The molecule has 0 saturated carbocycles. The second kappa shape index (κ2) is 5.96. The average Bonchev–Trinajstić information content (AvgIpc) is 2.76. The van der Waals surface area contributed by atoms with Crippen molar-refractivity contribution in [3.8, 4) is 0 Å². The van der Waals surface area contributed by atoms with E-state index in [4.69, 9.17) is 4.74 Å². The van der Waals surface area contributed by atoms with Crippen LogP contribution in [-0.4, -0.2) is 75.4 Å². The lowest BCUT2D eigenvalue weighted by atomic mass is 10.2. The summed E-state index contributed by atoms with van der Waals surface area (Å²) < 4.78 is 5.71. The normalized spacial score (nSPS) is 32.4. The molecule has 0 aromatic heterocycles. The predicted molar refractivity (Wildman–Crippen MR) is 65.8 cm³/mol. The molecule has 2 fully saturated rings. The van der Waals surface area contributed by atoms with E-state index in [1.165, 1.54) is 32.5 Å². The first kappa shape index (κ1) is 12.3. The van der Waals surface area contributed by atoms with Crippen molar-refractivity contribution in [1.82, 2.24) is 15.1 Å². The molecule has 0 spiro atoms. The van der Waals surface area contributed by atoms with Gasteiger partial charge in [-0.25, -0.2) is 0 Å². The van der Waals surface area contributed by atoms with Crippen molar-refractivity contribution < 1.29 is 4.74 Å². The van der Waals surface area contributed by atoms with Crippen molar-refractivity contribution in [2.24, 2.45) is 0 Å². The van der Waals surface area contributed by atoms with Crippen LogP contribution in [0, 0.1) is 0 Å². The molecule has 1 N–H and O–H groups in total. The van der Waals surface area contributed by atoms with Crippen LogP contribution in [0.25, 0.3) is 0 Å². The number of hydrogen-bond acceptors (Lipinski definition) is 4. The number of nitrogens with zero attached hydrogens (tertiary/aromatic N) is 2. The Morgan fingerprint density at radius 3 is 2.94 bits per heavy atom. The Balaban J connectivity index is 1.63. The molecule has 2 saturated heterocycles. The quantitative estimate of drug-likeness (QED) is 0.732. The maximum Gasteiger partial charge on any atom is 0.0712 e. The van der Waals surface area contributed by atoms with E-state index >= 15 is 0 Å². The zero-order valence-corrected chi connectivity index (χ0v) is 10.6. The van der Waals surface area contributed by atoms with Crippen LogP contribution >= 0.6 is 0 Å². The van der Waals surface area contributed by atoms with Crippen LogP contribution in [0.2, 0.25) is 0 Å². The Kier molecular flexibility index (Phi) is 4.58. The highest BCUT2D eigenvalue weighted by atomic mass is 16.5. The number of ether oxygens (including phenoxy) is 1. The van der Waals surface area contributed by atoms with Gasteiger partial charge in [-0.05, 0) is 33.5 Å². The Hall–Kier alpha value is -0.160. The number of likely N-dealkylation sites (tertiary alicyclic amines) is 1. The molecule has 4 nitrogen and oxygen atoms in total. The van der Waals surface area contributed by atoms with E-state index in [0.717, 1.165) is 25.7 Å². The van der Waals surface area contributed by atoms with Crippen LogP contribution in [0.3, 0.4) is 0 Å². The number of hydrogen-bond donors (Lipinski definition) is 1. The van der Waals surface area contributed by atoms with Crippen molar-refractivity contribution in [2.45, 2.75) is 25.0 Å². The number of rotatable bonds is 4. The zero-order chi connectivity index (χ0) is 11.4.